The summed E-state index contributed by atoms with van der Waals surface area (Å²) in [6, 6.07) is 15.2. The molecule has 1 atom stereocenters. The van der Waals surface area contributed by atoms with Crippen LogP contribution in [0.5, 0.6) is 0 Å². The molecule has 0 heterocycles. The molecule has 0 fully saturated rings. The molecule has 1 unspecified atom stereocenters. The summed E-state index contributed by atoms with van der Waals surface area (Å²) in [5.74, 6) is -0.418. The van der Waals surface area contributed by atoms with Crippen molar-refractivity contribution in [2.75, 3.05) is 31.5 Å². The van der Waals surface area contributed by atoms with Gasteiger partial charge in [-0.3, -0.25) is 9.59 Å². The number of nitrogens with zero attached hydrogens (tertiary/aromatic N) is 1. The molecular weight excluding hydrogens is 411 g/mol. The van der Waals surface area contributed by atoms with Crippen molar-refractivity contribution in [2.24, 2.45) is 5.73 Å². The van der Waals surface area contributed by atoms with Crippen LogP contribution in [0.25, 0.3) is 0 Å². The third-order valence-corrected chi connectivity index (χ3v) is 4.46. The van der Waals surface area contributed by atoms with Crippen molar-refractivity contribution in [2.45, 2.75) is 19.9 Å². The summed E-state index contributed by atoms with van der Waals surface area (Å²) < 4.78 is 0. The summed E-state index contributed by atoms with van der Waals surface area (Å²) in [5, 5.41) is 5.69. The number of carbonyl (C=O) groups is 2. The van der Waals surface area contributed by atoms with Crippen LogP contribution in [0.1, 0.15) is 35.8 Å². The molecule has 160 valence electrons. The van der Waals surface area contributed by atoms with Crippen LogP contribution in [0.15, 0.2) is 54.6 Å². The van der Waals surface area contributed by atoms with Crippen molar-refractivity contribution in [3.8, 4) is 0 Å². The Kier molecular flexibility index (Phi) is 12.9. The quantitative estimate of drug-likeness (QED) is 0.558. The van der Waals surface area contributed by atoms with Crippen molar-refractivity contribution >= 4 is 42.3 Å². The Morgan fingerprint density at radius 3 is 2.10 bits per heavy atom. The zero-order chi connectivity index (χ0) is 19.6. The maximum atomic E-state index is 12.3. The fourth-order valence-electron chi connectivity index (χ4n) is 2.71. The molecule has 0 radical (unpaired) electrons. The van der Waals surface area contributed by atoms with Gasteiger partial charge in [0.05, 0.1) is 0 Å². The minimum absolute atomic E-state index is 0. The lowest BCUT2D eigenvalue weighted by Gasteiger charge is -2.18. The van der Waals surface area contributed by atoms with Gasteiger partial charge in [-0.2, -0.15) is 0 Å². The largest absolute Gasteiger partial charge is 0.351 e. The molecule has 2 rings (SSSR count). The fraction of sp³-hybridized carbons (Fsp3) is 0.333. The van der Waals surface area contributed by atoms with Gasteiger partial charge in [0.1, 0.15) is 6.04 Å². The maximum absolute atomic E-state index is 12.3. The Bertz CT molecular complexity index is 738. The summed E-state index contributed by atoms with van der Waals surface area (Å²) in [5.41, 5.74) is 7.89. The molecule has 0 aliphatic rings. The average molecular weight is 441 g/mol. The lowest BCUT2D eigenvalue weighted by molar-refractivity contribution is -0.117. The van der Waals surface area contributed by atoms with E-state index in [4.69, 9.17) is 5.73 Å². The standard InChI is InChI=1S/C21H28N4O2.2ClH/c1-3-25(4-2)15-14-23-20(26)17-10-12-18(13-11-17)24-21(27)19(22)16-8-6-5-7-9-16;;/h5-13,19H,3-4,14-15,22H2,1-2H3,(H,23,26)(H,24,27);2*1H. The van der Waals surface area contributed by atoms with Gasteiger partial charge in [-0.15, -0.1) is 24.8 Å². The average Bonchev–Trinajstić information content (AvgIpc) is 2.71. The number of rotatable bonds is 9. The molecule has 0 saturated carbocycles. The summed E-state index contributed by atoms with van der Waals surface area (Å²) in [7, 11) is 0. The first-order valence-electron chi connectivity index (χ1n) is 9.27. The van der Waals surface area contributed by atoms with Crippen LogP contribution in [0.2, 0.25) is 0 Å². The van der Waals surface area contributed by atoms with Crippen molar-refractivity contribution in [3.63, 3.8) is 0 Å². The van der Waals surface area contributed by atoms with Crippen LogP contribution < -0.4 is 16.4 Å². The smallest absolute Gasteiger partial charge is 0.251 e. The van der Waals surface area contributed by atoms with Gasteiger partial charge in [0.15, 0.2) is 0 Å². The van der Waals surface area contributed by atoms with E-state index in [1.165, 1.54) is 0 Å². The van der Waals surface area contributed by atoms with Crippen LogP contribution >= 0.6 is 24.8 Å². The number of carbonyl (C=O) groups excluding carboxylic acids is 2. The van der Waals surface area contributed by atoms with Gasteiger partial charge in [0.2, 0.25) is 5.91 Å². The van der Waals surface area contributed by atoms with Crippen LogP contribution in [0.4, 0.5) is 5.69 Å². The van der Waals surface area contributed by atoms with Gasteiger partial charge >= 0.3 is 0 Å². The maximum Gasteiger partial charge on any atom is 0.251 e. The lowest BCUT2D eigenvalue weighted by Crippen LogP contribution is -2.34. The number of nitrogens with one attached hydrogen (secondary N) is 2. The highest BCUT2D eigenvalue weighted by atomic mass is 35.5. The molecule has 0 aromatic heterocycles. The fourth-order valence-corrected chi connectivity index (χ4v) is 2.71. The van der Waals surface area contributed by atoms with E-state index in [1.54, 1.807) is 24.3 Å². The summed E-state index contributed by atoms with van der Waals surface area (Å²) in [6.45, 7) is 7.55. The van der Waals surface area contributed by atoms with E-state index in [-0.39, 0.29) is 36.6 Å². The Labute approximate surface area is 185 Å². The van der Waals surface area contributed by atoms with E-state index in [2.05, 4.69) is 29.4 Å². The number of nitrogens with two attached hydrogens (primary N) is 1. The van der Waals surface area contributed by atoms with Gasteiger partial charge in [0, 0.05) is 24.3 Å². The molecule has 2 aromatic carbocycles. The van der Waals surface area contributed by atoms with Crippen molar-refractivity contribution in [1.82, 2.24) is 10.2 Å². The second-order valence-corrected chi connectivity index (χ2v) is 6.24. The highest BCUT2D eigenvalue weighted by molar-refractivity contribution is 5.97. The van der Waals surface area contributed by atoms with Crippen LogP contribution in [0, 0.1) is 0 Å². The molecule has 2 amide bonds. The predicted octanol–water partition coefficient (Wildman–Crippen LogP) is 3.24. The highest BCUT2D eigenvalue weighted by Crippen LogP contribution is 2.14. The Balaban J connectivity index is 0.00000392. The molecule has 2 aromatic rings. The number of likely N-dealkylation sites (N-methyl/N-ethyl adjacent to an activating group) is 1. The zero-order valence-electron chi connectivity index (χ0n) is 16.8. The Hall–Kier alpha value is -2.12. The predicted molar refractivity (Wildman–Crippen MR) is 123 cm³/mol. The third kappa shape index (κ3) is 8.41. The van der Waals surface area contributed by atoms with Gasteiger partial charge in [-0.1, -0.05) is 44.2 Å². The van der Waals surface area contributed by atoms with E-state index >= 15 is 0 Å². The first-order chi connectivity index (χ1) is 13.0. The van der Waals surface area contributed by atoms with Gasteiger partial charge in [-0.05, 0) is 42.9 Å². The first-order valence-corrected chi connectivity index (χ1v) is 9.27. The van der Waals surface area contributed by atoms with E-state index in [9.17, 15) is 9.59 Å². The molecule has 0 aliphatic carbocycles. The molecule has 0 bridgehead atoms. The third-order valence-electron chi connectivity index (χ3n) is 4.46. The molecular formula is C21H30Cl2N4O2. The Morgan fingerprint density at radius 2 is 1.55 bits per heavy atom. The minimum atomic E-state index is -0.741. The number of anilines is 1. The summed E-state index contributed by atoms with van der Waals surface area (Å²) in [6.07, 6.45) is 0. The zero-order valence-corrected chi connectivity index (χ0v) is 18.4. The van der Waals surface area contributed by atoms with Gasteiger partial charge < -0.3 is 21.3 Å². The van der Waals surface area contributed by atoms with Gasteiger partial charge in [-0.25, -0.2) is 0 Å². The monoisotopic (exact) mass is 440 g/mol. The van der Waals surface area contributed by atoms with Crippen molar-refractivity contribution < 1.29 is 9.59 Å². The second kappa shape index (κ2) is 14.0. The van der Waals surface area contributed by atoms with Crippen molar-refractivity contribution in [3.05, 3.63) is 65.7 Å². The number of halogens is 2. The topological polar surface area (TPSA) is 87.5 Å². The SMILES string of the molecule is CCN(CC)CCNC(=O)c1ccc(NC(=O)C(N)c2ccccc2)cc1.Cl.Cl. The number of benzene rings is 2. The van der Waals surface area contributed by atoms with Crippen LogP contribution in [-0.4, -0.2) is 42.9 Å². The number of amides is 2. The highest BCUT2D eigenvalue weighted by Gasteiger charge is 2.15. The molecule has 0 spiro atoms. The Morgan fingerprint density at radius 1 is 0.966 bits per heavy atom. The molecule has 4 N–H and O–H groups in total. The number of hydrogen-bond acceptors (Lipinski definition) is 4. The van der Waals surface area contributed by atoms with Crippen LogP contribution in [-0.2, 0) is 4.79 Å². The minimum Gasteiger partial charge on any atom is -0.351 e. The van der Waals surface area contributed by atoms with E-state index < -0.39 is 6.04 Å². The summed E-state index contributed by atoms with van der Waals surface area (Å²) in [4.78, 5) is 26.7. The summed E-state index contributed by atoms with van der Waals surface area (Å²) >= 11 is 0. The lowest BCUT2D eigenvalue weighted by atomic mass is 10.1. The molecule has 0 aliphatic heterocycles. The van der Waals surface area contributed by atoms with E-state index in [0.717, 1.165) is 25.2 Å². The molecule has 6 nitrogen and oxygen atoms in total. The van der Waals surface area contributed by atoms with Crippen molar-refractivity contribution in [1.29, 1.82) is 0 Å². The number of hydrogen-bond donors (Lipinski definition) is 3. The van der Waals surface area contributed by atoms with E-state index in [1.807, 2.05) is 30.3 Å². The normalized spacial score (nSPS) is 11.0. The molecule has 29 heavy (non-hydrogen) atoms. The van der Waals surface area contributed by atoms with Gasteiger partial charge in [0.25, 0.3) is 5.91 Å². The molecule has 8 heteroatoms. The molecule has 0 saturated heterocycles. The van der Waals surface area contributed by atoms with E-state index in [0.29, 0.717) is 17.8 Å². The second-order valence-electron chi connectivity index (χ2n) is 6.24. The first kappa shape index (κ1) is 26.9. The van der Waals surface area contributed by atoms with Crippen LogP contribution in [0.3, 0.4) is 0 Å².